The predicted octanol–water partition coefficient (Wildman–Crippen LogP) is 3.93. The Morgan fingerprint density at radius 2 is 1.49 bits per heavy atom. The molecule has 0 unspecified atom stereocenters. The van der Waals surface area contributed by atoms with E-state index >= 15 is 0 Å². The number of carbonyl (C=O) groups is 2. The van der Waals surface area contributed by atoms with Crippen LogP contribution in [0.15, 0.2) is 30.3 Å². The Hall–Kier alpha value is -2.38. The minimum absolute atomic E-state index is 0.470. The molecule has 3 aliphatic rings. The van der Waals surface area contributed by atoms with Crippen LogP contribution in [-0.2, 0) is 20.7 Å². The van der Waals surface area contributed by atoms with Crippen molar-refractivity contribution in [2.45, 2.75) is 50.2 Å². The van der Waals surface area contributed by atoms with Crippen molar-refractivity contribution in [2.24, 2.45) is 11.8 Å². The molecular weight excluding hydrogens is 510 g/mol. The average Bonchev–Trinajstić information content (AvgIpc) is 3.53. The fourth-order valence-electron chi connectivity index (χ4n) is 4.62. The number of fused-ring (bicyclic) bond motifs is 1. The van der Waals surface area contributed by atoms with E-state index in [2.05, 4.69) is 40.1 Å². The van der Waals surface area contributed by atoms with Crippen LogP contribution in [-0.4, -0.2) is 96.3 Å². The molecule has 0 spiro atoms. The van der Waals surface area contributed by atoms with Crippen molar-refractivity contribution in [1.82, 2.24) is 9.80 Å². The summed E-state index contributed by atoms with van der Waals surface area (Å²) in [4.78, 5) is 23.3. The number of halogens is 6. The van der Waals surface area contributed by atoms with Crippen molar-refractivity contribution in [3.8, 4) is 0 Å². The highest BCUT2D eigenvalue weighted by Crippen LogP contribution is 2.36. The average molecular weight is 543 g/mol. The molecule has 1 aliphatic carbocycles. The zero-order chi connectivity index (χ0) is 27.8. The van der Waals surface area contributed by atoms with E-state index in [1.807, 2.05) is 7.11 Å². The van der Waals surface area contributed by atoms with E-state index in [0.717, 1.165) is 5.92 Å². The minimum atomic E-state index is -5.08. The molecule has 37 heavy (non-hydrogen) atoms. The summed E-state index contributed by atoms with van der Waals surface area (Å²) in [6, 6.07) is 11.6. The largest absolute Gasteiger partial charge is 0.490 e. The van der Waals surface area contributed by atoms with E-state index in [1.165, 1.54) is 64.0 Å². The highest BCUT2D eigenvalue weighted by Gasteiger charge is 2.45. The van der Waals surface area contributed by atoms with Crippen LogP contribution in [0.2, 0.25) is 0 Å². The second-order valence-corrected chi connectivity index (χ2v) is 9.33. The first-order chi connectivity index (χ1) is 17.2. The molecule has 2 aliphatic heterocycles. The van der Waals surface area contributed by atoms with E-state index in [4.69, 9.17) is 24.5 Å². The van der Waals surface area contributed by atoms with E-state index in [0.29, 0.717) is 18.1 Å². The third-order valence-corrected chi connectivity index (χ3v) is 6.59. The predicted molar refractivity (Wildman–Crippen MR) is 121 cm³/mol. The monoisotopic (exact) mass is 542 g/mol. The zero-order valence-electron chi connectivity index (χ0n) is 20.3. The van der Waals surface area contributed by atoms with Crippen LogP contribution in [0.5, 0.6) is 0 Å². The number of aliphatic carboxylic acids is 2. The molecule has 7 nitrogen and oxygen atoms in total. The second kappa shape index (κ2) is 13.4. The third-order valence-electron chi connectivity index (χ3n) is 6.59. The maximum atomic E-state index is 10.6. The first kappa shape index (κ1) is 30.8. The smallest absolute Gasteiger partial charge is 0.475 e. The molecule has 1 saturated carbocycles. The van der Waals surface area contributed by atoms with Gasteiger partial charge in [-0.3, -0.25) is 4.90 Å². The number of methoxy groups -OCH3 is 1. The molecule has 2 heterocycles. The summed E-state index contributed by atoms with van der Waals surface area (Å²) in [5.41, 5.74) is 1.46. The van der Waals surface area contributed by atoms with Crippen LogP contribution in [0.4, 0.5) is 26.3 Å². The number of hydrogen-bond donors (Lipinski definition) is 2. The van der Waals surface area contributed by atoms with Gasteiger partial charge in [-0.25, -0.2) is 9.59 Å². The lowest BCUT2D eigenvalue weighted by molar-refractivity contribution is -0.193. The third kappa shape index (κ3) is 10.5. The minimum Gasteiger partial charge on any atom is -0.475 e. The molecule has 13 heteroatoms. The van der Waals surface area contributed by atoms with E-state index < -0.39 is 24.3 Å². The molecule has 2 N–H and O–H groups in total. The van der Waals surface area contributed by atoms with Crippen LogP contribution in [0.3, 0.4) is 0 Å². The van der Waals surface area contributed by atoms with Crippen LogP contribution < -0.4 is 0 Å². The summed E-state index contributed by atoms with van der Waals surface area (Å²) in [6.45, 7) is 6.23. The van der Waals surface area contributed by atoms with Crippen molar-refractivity contribution in [1.29, 1.82) is 0 Å². The van der Waals surface area contributed by atoms with Gasteiger partial charge in [-0.05, 0) is 37.2 Å². The lowest BCUT2D eigenvalue weighted by Gasteiger charge is -2.41. The summed E-state index contributed by atoms with van der Waals surface area (Å²) in [7, 11) is 1.91. The van der Waals surface area contributed by atoms with Gasteiger partial charge in [0.05, 0.1) is 6.10 Å². The van der Waals surface area contributed by atoms with Gasteiger partial charge in [0, 0.05) is 51.8 Å². The van der Waals surface area contributed by atoms with Crippen LogP contribution in [0.25, 0.3) is 0 Å². The second-order valence-electron chi connectivity index (χ2n) is 9.33. The Kier molecular flexibility index (Phi) is 11.2. The van der Waals surface area contributed by atoms with Crippen LogP contribution in [0.1, 0.15) is 24.8 Å². The molecule has 2 saturated heterocycles. The maximum Gasteiger partial charge on any atom is 0.490 e. The quantitative estimate of drug-likeness (QED) is 0.527. The highest BCUT2D eigenvalue weighted by atomic mass is 19.4. The Labute approximate surface area is 211 Å². The Morgan fingerprint density at radius 1 is 0.946 bits per heavy atom. The zero-order valence-corrected chi connectivity index (χ0v) is 20.3. The molecule has 1 aromatic rings. The standard InChI is InChI=1S/C20H30N2O.2C2HF3O2/c1-23-20-10-12-22(11-9-16-5-3-2-4-6-16)19-15-21(14-18(19)20)13-17-7-8-17;2*3-2(4,5)1(6)7/h2-6,17-20H,7-15H2,1H3;2*(H,6,7)/t18-,19+,20+;;/m0../s1. The van der Waals surface area contributed by atoms with Crippen LogP contribution in [0, 0.1) is 11.8 Å². The van der Waals surface area contributed by atoms with Crippen LogP contribution >= 0.6 is 0 Å². The van der Waals surface area contributed by atoms with Crippen molar-refractivity contribution in [2.75, 3.05) is 39.8 Å². The number of carboxylic acid groups (broad SMARTS) is 2. The number of alkyl halides is 6. The van der Waals surface area contributed by atoms with Crippen molar-refractivity contribution in [3.63, 3.8) is 0 Å². The van der Waals surface area contributed by atoms with Crippen molar-refractivity contribution < 1.29 is 50.9 Å². The number of rotatable bonds is 6. The molecule has 0 amide bonds. The van der Waals surface area contributed by atoms with Gasteiger partial charge in [-0.15, -0.1) is 0 Å². The van der Waals surface area contributed by atoms with Gasteiger partial charge in [-0.2, -0.15) is 26.3 Å². The van der Waals surface area contributed by atoms with Gasteiger partial charge in [0.15, 0.2) is 0 Å². The molecule has 4 rings (SSSR count). The number of benzene rings is 1. The maximum absolute atomic E-state index is 10.6. The summed E-state index contributed by atoms with van der Waals surface area (Å²) in [5.74, 6) is -3.81. The molecule has 3 fully saturated rings. The summed E-state index contributed by atoms with van der Waals surface area (Å²) in [5, 5.41) is 14.2. The van der Waals surface area contributed by atoms with Gasteiger partial charge in [0.25, 0.3) is 0 Å². The van der Waals surface area contributed by atoms with Gasteiger partial charge < -0.3 is 19.8 Å². The lowest BCUT2D eigenvalue weighted by Crippen LogP contribution is -2.51. The van der Waals surface area contributed by atoms with Crippen molar-refractivity contribution in [3.05, 3.63) is 35.9 Å². The van der Waals surface area contributed by atoms with Gasteiger partial charge in [0.2, 0.25) is 0 Å². The number of nitrogens with zero attached hydrogens (tertiary/aromatic N) is 2. The van der Waals surface area contributed by atoms with Gasteiger partial charge in [0.1, 0.15) is 0 Å². The molecule has 210 valence electrons. The number of piperidine rings is 1. The van der Waals surface area contributed by atoms with E-state index in [1.54, 1.807) is 0 Å². The van der Waals surface area contributed by atoms with E-state index in [9.17, 15) is 26.3 Å². The normalized spacial score (nSPS) is 24.2. The fourth-order valence-corrected chi connectivity index (χ4v) is 4.62. The SMILES string of the molecule is CO[C@@H]1CCN(CCc2ccccc2)[C@@H]2CN(CC3CC3)C[C@@H]21.O=C(O)C(F)(F)F.O=C(O)C(F)(F)F. The molecule has 0 bridgehead atoms. The first-order valence-electron chi connectivity index (χ1n) is 11.9. The molecule has 0 radical (unpaired) electrons. The molecule has 1 aromatic carbocycles. The molecule has 0 aromatic heterocycles. The number of hydrogen-bond acceptors (Lipinski definition) is 5. The lowest BCUT2D eigenvalue weighted by atomic mass is 9.88. The van der Waals surface area contributed by atoms with Crippen molar-refractivity contribution >= 4 is 11.9 Å². The molecular formula is C24H32F6N2O5. The summed E-state index contributed by atoms with van der Waals surface area (Å²) in [6.07, 6.45) is -4.42. The van der Waals surface area contributed by atoms with E-state index in [-0.39, 0.29) is 0 Å². The van der Waals surface area contributed by atoms with Gasteiger partial charge >= 0.3 is 24.3 Å². The summed E-state index contributed by atoms with van der Waals surface area (Å²) < 4.78 is 69.3. The fraction of sp³-hybridized carbons (Fsp3) is 0.667. The topological polar surface area (TPSA) is 90.3 Å². The summed E-state index contributed by atoms with van der Waals surface area (Å²) >= 11 is 0. The van der Waals surface area contributed by atoms with Gasteiger partial charge in [-0.1, -0.05) is 30.3 Å². The first-order valence-corrected chi connectivity index (χ1v) is 11.9. The Balaban J connectivity index is 0.000000286. The number of likely N-dealkylation sites (tertiary alicyclic amines) is 2. The number of carboxylic acids is 2. The molecule has 3 atom stereocenters. The highest BCUT2D eigenvalue weighted by molar-refractivity contribution is 5.73. The Morgan fingerprint density at radius 3 is 1.95 bits per heavy atom. The number of ether oxygens (including phenoxy) is 1. The Bertz CT molecular complexity index is 839.